The standard InChI is InChI=1S/C14H18ClNO2S/c15-11-7-3-1-2-4-9-13(11)19-14-10-6-5-8-12(14)16(17)18/h5-6,8,10-11,13H,1-4,7,9H2. The number of para-hydroxylation sites is 1. The lowest BCUT2D eigenvalue weighted by molar-refractivity contribution is -0.387. The highest BCUT2D eigenvalue weighted by molar-refractivity contribution is 8.00. The average Bonchev–Trinajstić information content (AvgIpc) is 2.39. The summed E-state index contributed by atoms with van der Waals surface area (Å²) in [5.41, 5.74) is 0.193. The molecule has 2 atom stereocenters. The van der Waals surface area contributed by atoms with Crippen LogP contribution in [0.3, 0.4) is 0 Å². The fourth-order valence-corrected chi connectivity index (χ4v) is 4.16. The molecule has 1 saturated carbocycles. The van der Waals surface area contributed by atoms with Gasteiger partial charge in [-0.05, 0) is 18.9 Å². The van der Waals surface area contributed by atoms with Crippen molar-refractivity contribution in [2.45, 2.75) is 54.0 Å². The number of rotatable bonds is 3. The fourth-order valence-electron chi connectivity index (χ4n) is 2.41. The van der Waals surface area contributed by atoms with Crippen LogP contribution in [0.5, 0.6) is 0 Å². The van der Waals surface area contributed by atoms with Crippen molar-refractivity contribution < 1.29 is 4.92 Å². The number of halogens is 1. The van der Waals surface area contributed by atoms with Crippen LogP contribution in [-0.2, 0) is 0 Å². The van der Waals surface area contributed by atoms with Crippen molar-refractivity contribution in [1.29, 1.82) is 0 Å². The van der Waals surface area contributed by atoms with E-state index in [2.05, 4.69) is 0 Å². The molecule has 0 amide bonds. The van der Waals surface area contributed by atoms with Crippen LogP contribution in [0.2, 0.25) is 0 Å². The van der Waals surface area contributed by atoms with E-state index < -0.39 is 0 Å². The molecule has 2 rings (SSSR count). The molecular weight excluding hydrogens is 282 g/mol. The van der Waals surface area contributed by atoms with Gasteiger partial charge in [0, 0.05) is 16.7 Å². The van der Waals surface area contributed by atoms with E-state index in [0.717, 1.165) is 17.7 Å². The highest BCUT2D eigenvalue weighted by atomic mass is 35.5. The highest BCUT2D eigenvalue weighted by Crippen LogP contribution is 2.38. The zero-order valence-electron chi connectivity index (χ0n) is 10.8. The minimum absolute atomic E-state index is 0.116. The number of thioether (sulfide) groups is 1. The van der Waals surface area contributed by atoms with Crippen molar-refractivity contribution in [3.63, 3.8) is 0 Å². The summed E-state index contributed by atoms with van der Waals surface area (Å²) in [7, 11) is 0. The van der Waals surface area contributed by atoms with E-state index in [9.17, 15) is 10.1 Å². The topological polar surface area (TPSA) is 43.1 Å². The van der Waals surface area contributed by atoms with Gasteiger partial charge in [-0.3, -0.25) is 10.1 Å². The van der Waals surface area contributed by atoms with E-state index in [1.807, 2.05) is 12.1 Å². The summed E-state index contributed by atoms with van der Waals surface area (Å²) in [6.07, 6.45) is 6.90. The van der Waals surface area contributed by atoms with Gasteiger partial charge in [-0.25, -0.2) is 0 Å². The third kappa shape index (κ3) is 4.11. The molecule has 0 aliphatic heterocycles. The van der Waals surface area contributed by atoms with Gasteiger partial charge in [-0.15, -0.1) is 23.4 Å². The van der Waals surface area contributed by atoms with Crippen molar-refractivity contribution in [1.82, 2.24) is 0 Å². The van der Waals surface area contributed by atoms with Crippen LogP contribution in [-0.4, -0.2) is 15.6 Å². The van der Waals surface area contributed by atoms with Gasteiger partial charge in [0.15, 0.2) is 0 Å². The molecule has 19 heavy (non-hydrogen) atoms. The van der Waals surface area contributed by atoms with Crippen LogP contribution in [0.15, 0.2) is 29.2 Å². The van der Waals surface area contributed by atoms with Gasteiger partial charge in [-0.1, -0.05) is 37.8 Å². The Hall–Kier alpha value is -0.740. The van der Waals surface area contributed by atoms with E-state index in [1.54, 1.807) is 23.9 Å². The Balaban J connectivity index is 2.12. The van der Waals surface area contributed by atoms with Crippen LogP contribution in [0.1, 0.15) is 38.5 Å². The number of benzene rings is 1. The van der Waals surface area contributed by atoms with E-state index in [4.69, 9.17) is 11.6 Å². The Kier molecular flexibility index (Phi) is 5.52. The molecule has 0 N–H and O–H groups in total. The Morgan fingerprint density at radius 3 is 2.58 bits per heavy atom. The van der Waals surface area contributed by atoms with E-state index in [0.29, 0.717) is 0 Å². The first-order chi connectivity index (χ1) is 9.18. The van der Waals surface area contributed by atoms with Crippen molar-refractivity contribution in [3.05, 3.63) is 34.4 Å². The molecule has 2 unspecified atom stereocenters. The van der Waals surface area contributed by atoms with Crippen LogP contribution in [0, 0.1) is 10.1 Å². The smallest absolute Gasteiger partial charge is 0.258 e. The number of nitrogens with zero attached hydrogens (tertiary/aromatic N) is 1. The molecule has 1 fully saturated rings. The van der Waals surface area contributed by atoms with Gasteiger partial charge in [0.2, 0.25) is 0 Å². The normalized spacial score (nSPS) is 24.5. The zero-order chi connectivity index (χ0) is 13.7. The summed E-state index contributed by atoms with van der Waals surface area (Å²) in [5.74, 6) is 0. The molecular formula is C14H18ClNO2S. The SMILES string of the molecule is O=[N+]([O-])c1ccccc1SC1CCCCCCC1Cl. The third-order valence-electron chi connectivity index (χ3n) is 3.46. The number of nitro groups is 1. The summed E-state index contributed by atoms with van der Waals surface area (Å²) >= 11 is 8.03. The fraction of sp³-hybridized carbons (Fsp3) is 0.571. The lowest BCUT2D eigenvalue weighted by Gasteiger charge is -2.24. The molecule has 3 nitrogen and oxygen atoms in total. The van der Waals surface area contributed by atoms with Crippen LogP contribution in [0.25, 0.3) is 0 Å². The molecule has 5 heteroatoms. The van der Waals surface area contributed by atoms with Gasteiger partial charge in [0.05, 0.1) is 9.82 Å². The summed E-state index contributed by atoms with van der Waals surface area (Å²) in [6.45, 7) is 0. The molecule has 104 valence electrons. The minimum atomic E-state index is -0.311. The lowest BCUT2D eigenvalue weighted by atomic mass is 10.0. The summed E-state index contributed by atoms with van der Waals surface area (Å²) in [4.78, 5) is 11.5. The van der Waals surface area contributed by atoms with E-state index in [-0.39, 0.29) is 21.2 Å². The van der Waals surface area contributed by atoms with E-state index >= 15 is 0 Å². The second-order valence-electron chi connectivity index (χ2n) is 4.89. The Morgan fingerprint density at radius 1 is 1.16 bits per heavy atom. The monoisotopic (exact) mass is 299 g/mol. The van der Waals surface area contributed by atoms with Crippen LogP contribution in [0.4, 0.5) is 5.69 Å². The first kappa shape index (κ1) is 14.7. The number of hydrogen-bond acceptors (Lipinski definition) is 3. The number of hydrogen-bond donors (Lipinski definition) is 0. The van der Waals surface area contributed by atoms with E-state index in [1.165, 1.54) is 25.7 Å². The Labute approximate surface area is 122 Å². The third-order valence-corrected chi connectivity index (χ3v) is 5.60. The first-order valence-corrected chi connectivity index (χ1v) is 8.04. The molecule has 0 aromatic heterocycles. The van der Waals surface area contributed by atoms with Crippen molar-refractivity contribution >= 4 is 29.1 Å². The second-order valence-corrected chi connectivity index (χ2v) is 6.73. The minimum Gasteiger partial charge on any atom is -0.258 e. The maximum absolute atomic E-state index is 11.0. The molecule has 0 radical (unpaired) electrons. The molecule has 0 heterocycles. The van der Waals surface area contributed by atoms with Gasteiger partial charge in [0.1, 0.15) is 0 Å². The van der Waals surface area contributed by atoms with Gasteiger partial charge >= 0.3 is 0 Å². The summed E-state index contributed by atoms with van der Waals surface area (Å²) < 4.78 is 0. The number of nitro benzene ring substituents is 1. The van der Waals surface area contributed by atoms with Crippen molar-refractivity contribution in [2.24, 2.45) is 0 Å². The second kappa shape index (κ2) is 7.15. The zero-order valence-corrected chi connectivity index (χ0v) is 12.3. The van der Waals surface area contributed by atoms with Crippen LogP contribution < -0.4 is 0 Å². The summed E-state index contributed by atoms with van der Waals surface area (Å²) in [5, 5.41) is 11.4. The van der Waals surface area contributed by atoms with Crippen molar-refractivity contribution in [3.8, 4) is 0 Å². The molecule has 1 aliphatic carbocycles. The molecule has 0 saturated heterocycles. The molecule has 0 spiro atoms. The lowest BCUT2D eigenvalue weighted by Crippen LogP contribution is -2.19. The molecule has 0 bridgehead atoms. The quantitative estimate of drug-likeness (QED) is 0.447. The maximum Gasteiger partial charge on any atom is 0.282 e. The number of alkyl halides is 1. The first-order valence-electron chi connectivity index (χ1n) is 6.72. The van der Waals surface area contributed by atoms with Crippen LogP contribution >= 0.6 is 23.4 Å². The Bertz CT molecular complexity index is 441. The molecule has 1 aliphatic rings. The highest BCUT2D eigenvalue weighted by Gasteiger charge is 2.24. The van der Waals surface area contributed by atoms with Gasteiger partial charge in [-0.2, -0.15) is 0 Å². The molecule has 1 aromatic rings. The van der Waals surface area contributed by atoms with Crippen molar-refractivity contribution in [2.75, 3.05) is 0 Å². The predicted octanol–water partition coefficient (Wildman–Crippen LogP) is 5.02. The van der Waals surface area contributed by atoms with Gasteiger partial charge < -0.3 is 0 Å². The Morgan fingerprint density at radius 2 is 1.84 bits per heavy atom. The predicted molar refractivity (Wildman–Crippen MR) is 80.1 cm³/mol. The average molecular weight is 300 g/mol. The summed E-state index contributed by atoms with van der Waals surface area (Å²) in [6, 6.07) is 6.94. The molecule has 1 aromatic carbocycles. The largest absolute Gasteiger partial charge is 0.282 e. The van der Waals surface area contributed by atoms with Gasteiger partial charge in [0.25, 0.3) is 5.69 Å². The maximum atomic E-state index is 11.0.